The Morgan fingerprint density at radius 1 is 1.33 bits per heavy atom. The zero-order valence-corrected chi connectivity index (χ0v) is 10.1. The van der Waals surface area contributed by atoms with E-state index in [0.717, 1.165) is 21.5 Å². The predicted octanol–water partition coefficient (Wildman–Crippen LogP) is 2.23. The Balaban J connectivity index is 2.49. The Hall–Kier alpha value is -1.36. The SMILES string of the molecule is Cc1cn(-c2ccc(Br)c(C)n2)nc1N. The van der Waals surface area contributed by atoms with Gasteiger partial charge in [0, 0.05) is 16.2 Å². The largest absolute Gasteiger partial charge is 0.382 e. The predicted molar refractivity (Wildman–Crippen MR) is 62.9 cm³/mol. The molecule has 78 valence electrons. The summed E-state index contributed by atoms with van der Waals surface area (Å²) in [6, 6.07) is 3.84. The summed E-state index contributed by atoms with van der Waals surface area (Å²) in [5.74, 6) is 1.31. The summed E-state index contributed by atoms with van der Waals surface area (Å²) in [6.07, 6.45) is 1.87. The normalized spacial score (nSPS) is 10.6. The number of aromatic nitrogens is 3. The van der Waals surface area contributed by atoms with E-state index in [4.69, 9.17) is 5.73 Å². The van der Waals surface area contributed by atoms with E-state index in [1.165, 1.54) is 0 Å². The van der Waals surface area contributed by atoms with Gasteiger partial charge in [-0.2, -0.15) is 0 Å². The number of nitrogens with zero attached hydrogens (tertiary/aromatic N) is 3. The van der Waals surface area contributed by atoms with Gasteiger partial charge < -0.3 is 5.73 Å². The number of aryl methyl sites for hydroxylation is 2. The van der Waals surface area contributed by atoms with Crippen molar-refractivity contribution in [1.29, 1.82) is 0 Å². The molecule has 2 heterocycles. The highest BCUT2D eigenvalue weighted by Crippen LogP contribution is 2.17. The first-order valence-electron chi connectivity index (χ1n) is 4.53. The van der Waals surface area contributed by atoms with Crippen LogP contribution in [0.3, 0.4) is 0 Å². The molecular formula is C10H11BrN4. The van der Waals surface area contributed by atoms with Crippen molar-refractivity contribution in [2.75, 3.05) is 5.73 Å². The molecule has 0 bridgehead atoms. The van der Waals surface area contributed by atoms with E-state index >= 15 is 0 Å². The maximum Gasteiger partial charge on any atom is 0.153 e. The third-order valence-electron chi connectivity index (χ3n) is 2.18. The van der Waals surface area contributed by atoms with E-state index in [2.05, 4.69) is 26.0 Å². The van der Waals surface area contributed by atoms with Gasteiger partial charge in [-0.05, 0) is 41.9 Å². The molecule has 5 heteroatoms. The van der Waals surface area contributed by atoms with Crippen LogP contribution in [0.1, 0.15) is 11.3 Å². The third kappa shape index (κ3) is 1.87. The van der Waals surface area contributed by atoms with Gasteiger partial charge >= 0.3 is 0 Å². The Labute approximate surface area is 96.3 Å². The number of anilines is 1. The first kappa shape index (κ1) is 10.2. The summed E-state index contributed by atoms with van der Waals surface area (Å²) in [6.45, 7) is 3.86. The van der Waals surface area contributed by atoms with Crippen LogP contribution < -0.4 is 5.73 Å². The summed E-state index contributed by atoms with van der Waals surface area (Å²) >= 11 is 3.40. The fourth-order valence-electron chi connectivity index (χ4n) is 1.25. The van der Waals surface area contributed by atoms with E-state index < -0.39 is 0 Å². The zero-order chi connectivity index (χ0) is 11.0. The molecule has 0 aliphatic carbocycles. The first-order valence-corrected chi connectivity index (χ1v) is 5.32. The van der Waals surface area contributed by atoms with Gasteiger partial charge in [0.25, 0.3) is 0 Å². The number of nitrogens with two attached hydrogens (primary N) is 1. The second kappa shape index (κ2) is 3.66. The second-order valence-electron chi connectivity index (χ2n) is 3.38. The second-order valence-corrected chi connectivity index (χ2v) is 4.23. The van der Waals surface area contributed by atoms with Crippen molar-refractivity contribution in [2.24, 2.45) is 0 Å². The highest BCUT2D eigenvalue weighted by atomic mass is 79.9. The zero-order valence-electron chi connectivity index (χ0n) is 8.53. The molecule has 2 aromatic heterocycles. The molecule has 0 aromatic carbocycles. The molecule has 0 spiro atoms. The molecule has 0 unspecified atom stereocenters. The lowest BCUT2D eigenvalue weighted by atomic mass is 10.3. The smallest absolute Gasteiger partial charge is 0.153 e. The average Bonchev–Trinajstić information content (AvgIpc) is 2.52. The van der Waals surface area contributed by atoms with Crippen LogP contribution in [-0.2, 0) is 0 Å². The lowest BCUT2D eigenvalue weighted by Gasteiger charge is -2.02. The molecule has 0 atom stereocenters. The Morgan fingerprint density at radius 2 is 2.07 bits per heavy atom. The van der Waals surface area contributed by atoms with Crippen molar-refractivity contribution in [3.63, 3.8) is 0 Å². The van der Waals surface area contributed by atoms with Crippen LogP contribution in [0.15, 0.2) is 22.8 Å². The molecule has 0 aliphatic heterocycles. The molecule has 2 N–H and O–H groups in total. The molecule has 0 fully saturated rings. The van der Waals surface area contributed by atoms with E-state index in [-0.39, 0.29) is 0 Å². The Kier molecular flexibility index (Phi) is 2.48. The molecule has 0 radical (unpaired) electrons. The van der Waals surface area contributed by atoms with Crippen LogP contribution in [0.2, 0.25) is 0 Å². The number of pyridine rings is 1. The van der Waals surface area contributed by atoms with Crippen molar-refractivity contribution in [3.8, 4) is 5.82 Å². The standard InChI is InChI=1S/C10H11BrN4/c1-6-5-15(14-10(6)12)9-4-3-8(11)7(2)13-9/h3-5H,1-2H3,(H2,12,14). The molecule has 0 aliphatic rings. The third-order valence-corrected chi connectivity index (χ3v) is 3.01. The van der Waals surface area contributed by atoms with E-state index in [9.17, 15) is 0 Å². The molecule has 0 amide bonds. The number of hydrogen-bond donors (Lipinski definition) is 1. The number of rotatable bonds is 1. The fraction of sp³-hybridized carbons (Fsp3) is 0.200. The number of nitrogen functional groups attached to an aromatic ring is 1. The summed E-state index contributed by atoms with van der Waals surface area (Å²) in [5, 5.41) is 4.17. The van der Waals surface area contributed by atoms with Crippen LogP contribution in [0.5, 0.6) is 0 Å². The lowest BCUT2D eigenvalue weighted by molar-refractivity contribution is 0.843. The monoisotopic (exact) mass is 266 g/mol. The summed E-state index contributed by atoms with van der Waals surface area (Å²) < 4.78 is 2.67. The van der Waals surface area contributed by atoms with Crippen molar-refractivity contribution >= 4 is 21.7 Å². The molecule has 15 heavy (non-hydrogen) atoms. The molecule has 2 rings (SSSR count). The van der Waals surface area contributed by atoms with Gasteiger partial charge in [-0.25, -0.2) is 9.67 Å². The van der Waals surface area contributed by atoms with Gasteiger partial charge in [-0.3, -0.25) is 0 Å². The highest BCUT2D eigenvalue weighted by molar-refractivity contribution is 9.10. The minimum Gasteiger partial charge on any atom is -0.382 e. The van der Waals surface area contributed by atoms with Crippen LogP contribution in [0, 0.1) is 13.8 Å². The Morgan fingerprint density at radius 3 is 2.60 bits per heavy atom. The van der Waals surface area contributed by atoms with Crippen LogP contribution in [0.4, 0.5) is 5.82 Å². The van der Waals surface area contributed by atoms with Gasteiger partial charge in [-0.1, -0.05) is 0 Å². The molecule has 2 aromatic rings. The van der Waals surface area contributed by atoms with Crippen molar-refractivity contribution in [2.45, 2.75) is 13.8 Å². The summed E-state index contributed by atoms with van der Waals surface area (Å²) in [4.78, 5) is 4.40. The number of hydrogen-bond acceptors (Lipinski definition) is 3. The highest BCUT2D eigenvalue weighted by Gasteiger charge is 2.05. The maximum absolute atomic E-state index is 5.68. The number of halogens is 1. The van der Waals surface area contributed by atoms with Crippen LogP contribution in [0.25, 0.3) is 5.82 Å². The lowest BCUT2D eigenvalue weighted by Crippen LogP contribution is -2.00. The van der Waals surface area contributed by atoms with E-state index in [0.29, 0.717) is 5.82 Å². The topological polar surface area (TPSA) is 56.7 Å². The van der Waals surface area contributed by atoms with E-state index in [1.54, 1.807) is 4.68 Å². The van der Waals surface area contributed by atoms with Gasteiger partial charge in [-0.15, -0.1) is 5.10 Å². The van der Waals surface area contributed by atoms with Crippen molar-refractivity contribution < 1.29 is 0 Å². The van der Waals surface area contributed by atoms with Gasteiger partial charge in [0.15, 0.2) is 5.82 Å². The van der Waals surface area contributed by atoms with Crippen molar-refractivity contribution in [1.82, 2.24) is 14.8 Å². The molecular weight excluding hydrogens is 256 g/mol. The minimum atomic E-state index is 0.539. The quantitative estimate of drug-likeness (QED) is 0.861. The van der Waals surface area contributed by atoms with Gasteiger partial charge in [0.2, 0.25) is 0 Å². The van der Waals surface area contributed by atoms with Crippen LogP contribution >= 0.6 is 15.9 Å². The van der Waals surface area contributed by atoms with Gasteiger partial charge in [0.1, 0.15) is 5.82 Å². The van der Waals surface area contributed by atoms with Gasteiger partial charge in [0.05, 0.1) is 5.69 Å². The molecule has 0 saturated heterocycles. The maximum atomic E-state index is 5.68. The van der Waals surface area contributed by atoms with E-state index in [1.807, 2.05) is 32.2 Å². The molecule has 0 saturated carbocycles. The first-order chi connectivity index (χ1) is 7.08. The Bertz CT molecular complexity index is 485. The van der Waals surface area contributed by atoms with Crippen LogP contribution in [-0.4, -0.2) is 14.8 Å². The summed E-state index contributed by atoms with van der Waals surface area (Å²) in [5.41, 5.74) is 7.56. The summed E-state index contributed by atoms with van der Waals surface area (Å²) in [7, 11) is 0. The average molecular weight is 267 g/mol. The fourth-order valence-corrected chi connectivity index (χ4v) is 1.47. The minimum absolute atomic E-state index is 0.539. The molecule has 4 nitrogen and oxygen atoms in total. The van der Waals surface area contributed by atoms with Crippen molar-refractivity contribution in [3.05, 3.63) is 34.1 Å².